The zero-order valence-corrected chi connectivity index (χ0v) is 18.3. The Bertz CT molecular complexity index is 906. The molecule has 1 aromatic heterocycles. The van der Waals surface area contributed by atoms with E-state index in [-0.39, 0.29) is 11.7 Å². The molecule has 0 spiro atoms. The van der Waals surface area contributed by atoms with Crippen LogP contribution < -0.4 is 9.47 Å². The summed E-state index contributed by atoms with van der Waals surface area (Å²) in [6, 6.07) is 7.75. The van der Waals surface area contributed by atoms with Crippen molar-refractivity contribution in [2.24, 2.45) is 7.05 Å². The lowest BCUT2D eigenvalue weighted by Crippen LogP contribution is -2.35. The number of rotatable bonds is 9. The first-order valence-corrected chi connectivity index (χ1v) is 10.3. The largest absolute Gasteiger partial charge is 0.493 e. The molecule has 0 atom stereocenters. The number of Topliss-reactive ketones (excluding diaryl/α,β-unsaturated/α-hetero) is 1. The third-order valence-electron chi connectivity index (χ3n) is 5.67. The monoisotopic (exact) mass is 413 g/mol. The number of fused-ring (bicyclic) bond motifs is 1. The molecule has 0 unspecified atom stereocenters. The molecule has 7 heteroatoms. The molecule has 0 saturated carbocycles. The van der Waals surface area contributed by atoms with Crippen LogP contribution in [0.5, 0.6) is 11.5 Å². The van der Waals surface area contributed by atoms with Crippen molar-refractivity contribution in [1.82, 2.24) is 14.4 Å². The number of hydrogen-bond donors (Lipinski definition) is 0. The van der Waals surface area contributed by atoms with Crippen LogP contribution in [-0.2, 0) is 13.5 Å². The van der Waals surface area contributed by atoms with E-state index in [1.54, 1.807) is 31.0 Å². The van der Waals surface area contributed by atoms with Crippen LogP contribution in [-0.4, -0.2) is 73.5 Å². The first-order valence-electron chi connectivity index (χ1n) is 10.3. The maximum atomic E-state index is 12.9. The van der Waals surface area contributed by atoms with Gasteiger partial charge in [-0.25, -0.2) is 0 Å². The number of carbonyl (C=O) groups is 2. The molecule has 0 radical (unpaired) electrons. The van der Waals surface area contributed by atoms with Gasteiger partial charge in [-0.3, -0.25) is 9.59 Å². The smallest absolute Gasteiger partial charge is 0.271 e. The molecular weight excluding hydrogens is 382 g/mol. The van der Waals surface area contributed by atoms with Gasteiger partial charge in [0.1, 0.15) is 5.69 Å². The normalized spacial score (nSPS) is 14.1. The fraction of sp³-hybridized carbons (Fsp3) is 0.478. The lowest BCUT2D eigenvalue weighted by molar-refractivity contribution is 0.0743. The summed E-state index contributed by atoms with van der Waals surface area (Å²) in [5.74, 6) is 1.48. The number of benzene rings is 1. The first-order chi connectivity index (χ1) is 14.4. The summed E-state index contributed by atoms with van der Waals surface area (Å²) in [6.45, 7) is 2.92. The van der Waals surface area contributed by atoms with E-state index in [0.717, 1.165) is 37.4 Å². The van der Waals surface area contributed by atoms with Crippen molar-refractivity contribution < 1.29 is 19.1 Å². The predicted octanol–water partition coefficient (Wildman–Crippen LogP) is 2.64. The summed E-state index contributed by atoms with van der Waals surface area (Å²) >= 11 is 0. The van der Waals surface area contributed by atoms with Crippen molar-refractivity contribution >= 4 is 11.7 Å². The molecule has 0 saturated heterocycles. The Morgan fingerprint density at radius 2 is 1.83 bits per heavy atom. The molecule has 0 fully saturated rings. The van der Waals surface area contributed by atoms with Crippen molar-refractivity contribution in [3.05, 3.63) is 47.3 Å². The van der Waals surface area contributed by atoms with E-state index in [1.165, 1.54) is 5.56 Å². The summed E-state index contributed by atoms with van der Waals surface area (Å²) in [6.07, 6.45) is 3.94. The van der Waals surface area contributed by atoms with Gasteiger partial charge >= 0.3 is 0 Å². The van der Waals surface area contributed by atoms with E-state index in [9.17, 15) is 9.59 Å². The van der Waals surface area contributed by atoms with Gasteiger partial charge in [0.2, 0.25) is 0 Å². The van der Waals surface area contributed by atoms with E-state index in [0.29, 0.717) is 30.8 Å². The fourth-order valence-corrected chi connectivity index (χ4v) is 3.86. The Labute approximate surface area is 178 Å². The second-order valence-corrected chi connectivity index (χ2v) is 7.75. The number of ketones is 1. The number of aromatic nitrogens is 1. The van der Waals surface area contributed by atoms with E-state index in [2.05, 4.69) is 18.0 Å². The molecule has 0 bridgehead atoms. The minimum atomic E-state index is -0.0451. The third kappa shape index (κ3) is 4.84. The zero-order valence-electron chi connectivity index (χ0n) is 18.3. The van der Waals surface area contributed by atoms with Crippen LogP contribution >= 0.6 is 0 Å². The van der Waals surface area contributed by atoms with Crippen LogP contribution in [0.4, 0.5) is 0 Å². The summed E-state index contributed by atoms with van der Waals surface area (Å²) in [7, 11) is 7.18. The van der Waals surface area contributed by atoms with Crippen molar-refractivity contribution in [3.8, 4) is 11.5 Å². The quantitative estimate of drug-likeness (QED) is 0.632. The lowest BCUT2D eigenvalue weighted by Gasteiger charge is -2.23. The first kappa shape index (κ1) is 21.9. The molecule has 30 heavy (non-hydrogen) atoms. The topological polar surface area (TPSA) is 64.0 Å². The SMILES string of the molecule is COc1ccc(CCN(C)CCCN2CCC(=O)c3ccn(C)c3C2=O)cc1OC. The average molecular weight is 414 g/mol. The van der Waals surface area contributed by atoms with Crippen LogP contribution in [0.15, 0.2) is 30.5 Å². The van der Waals surface area contributed by atoms with Gasteiger partial charge in [0.05, 0.1) is 14.2 Å². The summed E-state index contributed by atoms with van der Waals surface area (Å²) in [5, 5.41) is 0. The molecule has 1 aliphatic rings. The van der Waals surface area contributed by atoms with Gasteiger partial charge in [-0.15, -0.1) is 0 Å². The van der Waals surface area contributed by atoms with Crippen LogP contribution in [0.2, 0.25) is 0 Å². The highest BCUT2D eigenvalue weighted by molar-refractivity contribution is 6.08. The molecule has 2 aromatic rings. The molecule has 0 N–H and O–H groups in total. The van der Waals surface area contributed by atoms with Crippen LogP contribution in [0, 0.1) is 0 Å². The van der Waals surface area contributed by atoms with Gasteiger partial charge in [-0.2, -0.15) is 0 Å². The number of aryl methyl sites for hydroxylation is 1. The Morgan fingerprint density at radius 3 is 2.57 bits per heavy atom. The standard InChI is InChI=1S/C23H31N3O4/c1-24(13-8-17-6-7-20(29-3)21(16-17)30-4)11-5-12-26-15-10-19(27)18-9-14-25(2)22(18)23(26)28/h6-7,9,14,16H,5,8,10-13,15H2,1-4H3. The van der Waals surface area contributed by atoms with Crippen LogP contribution in [0.25, 0.3) is 0 Å². The summed E-state index contributed by atoms with van der Waals surface area (Å²) < 4.78 is 12.4. The van der Waals surface area contributed by atoms with Crippen LogP contribution in [0.1, 0.15) is 39.3 Å². The van der Waals surface area contributed by atoms with Crippen molar-refractivity contribution in [1.29, 1.82) is 0 Å². The van der Waals surface area contributed by atoms with Crippen molar-refractivity contribution in [2.75, 3.05) is 47.4 Å². The fourth-order valence-electron chi connectivity index (χ4n) is 3.86. The predicted molar refractivity (Wildman–Crippen MR) is 116 cm³/mol. The van der Waals surface area contributed by atoms with Gasteiger partial charge in [0, 0.05) is 44.9 Å². The number of likely N-dealkylation sites (N-methyl/N-ethyl adjacent to an activating group) is 1. The van der Waals surface area contributed by atoms with Gasteiger partial charge in [0.25, 0.3) is 5.91 Å². The molecular formula is C23H31N3O4. The Balaban J connectivity index is 1.49. The highest BCUT2D eigenvalue weighted by atomic mass is 16.5. The van der Waals surface area contributed by atoms with Gasteiger partial charge in [-0.05, 0) is 50.2 Å². The minimum absolute atomic E-state index is 0.0451. The number of ether oxygens (including phenoxy) is 2. The number of carbonyl (C=O) groups excluding carboxylic acids is 2. The molecule has 162 valence electrons. The van der Waals surface area contributed by atoms with Gasteiger partial charge < -0.3 is 23.8 Å². The number of hydrogen-bond acceptors (Lipinski definition) is 5. The van der Waals surface area contributed by atoms with E-state index in [1.807, 2.05) is 24.1 Å². The zero-order chi connectivity index (χ0) is 21.7. The van der Waals surface area contributed by atoms with Crippen molar-refractivity contribution in [3.63, 3.8) is 0 Å². The Morgan fingerprint density at radius 1 is 1.07 bits per heavy atom. The Hall–Kier alpha value is -2.80. The van der Waals surface area contributed by atoms with Crippen molar-refractivity contribution in [2.45, 2.75) is 19.3 Å². The summed E-state index contributed by atoms with van der Waals surface area (Å²) in [4.78, 5) is 29.2. The molecule has 7 nitrogen and oxygen atoms in total. The highest BCUT2D eigenvalue weighted by Gasteiger charge is 2.28. The second-order valence-electron chi connectivity index (χ2n) is 7.75. The molecule has 1 amide bonds. The van der Waals surface area contributed by atoms with E-state index in [4.69, 9.17) is 9.47 Å². The molecule has 1 aliphatic heterocycles. The van der Waals surface area contributed by atoms with Gasteiger partial charge in [0.15, 0.2) is 17.3 Å². The molecule has 0 aliphatic carbocycles. The molecule has 2 heterocycles. The second kappa shape index (κ2) is 9.80. The van der Waals surface area contributed by atoms with E-state index < -0.39 is 0 Å². The molecule has 1 aromatic carbocycles. The summed E-state index contributed by atoms with van der Waals surface area (Å²) in [5.41, 5.74) is 2.26. The third-order valence-corrected chi connectivity index (χ3v) is 5.67. The molecule has 3 rings (SSSR count). The number of amides is 1. The maximum absolute atomic E-state index is 12.9. The maximum Gasteiger partial charge on any atom is 0.271 e. The Kier molecular flexibility index (Phi) is 7.15. The van der Waals surface area contributed by atoms with Crippen LogP contribution in [0.3, 0.4) is 0 Å². The lowest BCUT2D eigenvalue weighted by atomic mass is 10.1. The minimum Gasteiger partial charge on any atom is -0.493 e. The highest BCUT2D eigenvalue weighted by Crippen LogP contribution is 2.27. The number of methoxy groups -OCH3 is 2. The van der Waals surface area contributed by atoms with E-state index >= 15 is 0 Å². The van der Waals surface area contributed by atoms with Gasteiger partial charge in [-0.1, -0.05) is 6.07 Å². The average Bonchev–Trinajstić information content (AvgIpc) is 3.09. The number of nitrogens with zero attached hydrogens (tertiary/aromatic N) is 3.